The van der Waals surface area contributed by atoms with E-state index >= 15 is 0 Å². The van der Waals surface area contributed by atoms with Crippen LogP contribution in [-0.4, -0.2) is 32.9 Å². The van der Waals surface area contributed by atoms with E-state index in [2.05, 4.69) is 15.9 Å². The Labute approximate surface area is 113 Å². The fourth-order valence-electron chi connectivity index (χ4n) is 1.34. The van der Waals surface area contributed by atoms with Crippen LogP contribution in [0.25, 0.3) is 0 Å². The molecular formula is C10H12BrNO5S. The Morgan fingerprint density at radius 1 is 1.50 bits per heavy atom. The molecule has 1 unspecified atom stereocenters. The van der Waals surface area contributed by atoms with Crippen molar-refractivity contribution in [2.24, 2.45) is 0 Å². The topological polar surface area (TPSA) is 92.7 Å². The lowest BCUT2D eigenvalue weighted by atomic mass is 10.1. The van der Waals surface area contributed by atoms with Crippen LogP contribution < -0.4 is 9.46 Å². The van der Waals surface area contributed by atoms with E-state index in [1.807, 2.05) is 4.72 Å². The van der Waals surface area contributed by atoms with Crippen LogP contribution >= 0.6 is 15.9 Å². The second kappa shape index (κ2) is 5.68. The van der Waals surface area contributed by atoms with Gasteiger partial charge >= 0.3 is 5.97 Å². The smallest absolute Gasteiger partial charge is 0.326 e. The number of hydrogen-bond donors (Lipinski definition) is 2. The van der Waals surface area contributed by atoms with E-state index in [0.29, 0.717) is 15.8 Å². The van der Waals surface area contributed by atoms with Gasteiger partial charge in [-0.15, -0.1) is 0 Å². The predicted octanol–water partition coefficient (Wildman–Crippen LogP) is 1.13. The molecule has 1 rings (SSSR count). The van der Waals surface area contributed by atoms with Crippen molar-refractivity contribution in [3.05, 3.63) is 28.2 Å². The number of methoxy groups -OCH3 is 1. The molecule has 8 heteroatoms. The number of rotatable bonds is 5. The van der Waals surface area contributed by atoms with Crippen molar-refractivity contribution >= 4 is 31.9 Å². The molecule has 0 amide bonds. The maximum Gasteiger partial charge on any atom is 0.326 e. The standard InChI is InChI=1S/C10H12BrNO5S/c1-17-8-4-3-6(5-7(8)11)9(10(13)14)12-18(2,15)16/h3-5,9,12H,1-2H3,(H,13,14). The van der Waals surface area contributed by atoms with Gasteiger partial charge in [-0.25, -0.2) is 8.42 Å². The lowest BCUT2D eigenvalue weighted by Crippen LogP contribution is -2.32. The number of halogens is 1. The lowest BCUT2D eigenvalue weighted by molar-refractivity contribution is -0.139. The van der Waals surface area contributed by atoms with E-state index in [0.717, 1.165) is 6.26 Å². The van der Waals surface area contributed by atoms with Crippen molar-refractivity contribution in [1.82, 2.24) is 4.72 Å². The molecule has 0 saturated carbocycles. The number of hydrogen-bond acceptors (Lipinski definition) is 4. The highest BCUT2D eigenvalue weighted by Gasteiger charge is 2.24. The van der Waals surface area contributed by atoms with Crippen LogP contribution in [-0.2, 0) is 14.8 Å². The van der Waals surface area contributed by atoms with Crippen molar-refractivity contribution in [2.45, 2.75) is 6.04 Å². The molecule has 100 valence electrons. The Morgan fingerprint density at radius 2 is 2.11 bits per heavy atom. The number of carboxylic acid groups (broad SMARTS) is 1. The quantitative estimate of drug-likeness (QED) is 0.840. The molecule has 0 aromatic heterocycles. The second-order valence-electron chi connectivity index (χ2n) is 3.56. The summed E-state index contributed by atoms with van der Waals surface area (Å²) in [6, 6.07) is 3.21. The number of carbonyl (C=O) groups is 1. The molecule has 0 bridgehead atoms. The van der Waals surface area contributed by atoms with E-state index in [4.69, 9.17) is 9.84 Å². The molecule has 0 spiro atoms. The Hall–Kier alpha value is -1.12. The van der Waals surface area contributed by atoms with Gasteiger partial charge in [0.1, 0.15) is 11.8 Å². The van der Waals surface area contributed by atoms with Crippen molar-refractivity contribution < 1.29 is 23.1 Å². The molecular weight excluding hydrogens is 326 g/mol. The molecule has 1 aromatic rings. The third kappa shape index (κ3) is 3.97. The lowest BCUT2D eigenvalue weighted by Gasteiger charge is -2.14. The zero-order chi connectivity index (χ0) is 13.9. The average Bonchev–Trinajstić information content (AvgIpc) is 2.24. The fourth-order valence-corrected chi connectivity index (χ4v) is 2.56. The fraction of sp³-hybridized carbons (Fsp3) is 0.300. The molecule has 1 atom stereocenters. The Balaban J connectivity index is 3.15. The highest BCUT2D eigenvalue weighted by Crippen LogP contribution is 2.28. The van der Waals surface area contributed by atoms with Gasteiger partial charge in [-0.05, 0) is 33.6 Å². The van der Waals surface area contributed by atoms with Gasteiger partial charge in [-0.1, -0.05) is 6.07 Å². The first-order valence-electron chi connectivity index (χ1n) is 4.78. The van der Waals surface area contributed by atoms with Gasteiger partial charge in [0.05, 0.1) is 17.8 Å². The minimum Gasteiger partial charge on any atom is -0.496 e. The van der Waals surface area contributed by atoms with Crippen molar-refractivity contribution in [3.63, 3.8) is 0 Å². The van der Waals surface area contributed by atoms with Crippen molar-refractivity contribution in [2.75, 3.05) is 13.4 Å². The van der Waals surface area contributed by atoms with Gasteiger partial charge in [0.2, 0.25) is 10.0 Å². The Morgan fingerprint density at radius 3 is 2.50 bits per heavy atom. The summed E-state index contributed by atoms with van der Waals surface area (Å²) in [5.74, 6) is -0.750. The summed E-state index contributed by atoms with van der Waals surface area (Å²) in [7, 11) is -2.15. The SMILES string of the molecule is COc1ccc(C(NS(C)(=O)=O)C(=O)O)cc1Br. The molecule has 0 fully saturated rings. The molecule has 0 radical (unpaired) electrons. The number of sulfonamides is 1. The second-order valence-corrected chi connectivity index (χ2v) is 6.19. The number of nitrogens with one attached hydrogen (secondary N) is 1. The molecule has 0 aliphatic heterocycles. The highest BCUT2D eigenvalue weighted by molar-refractivity contribution is 9.10. The molecule has 6 nitrogen and oxygen atoms in total. The van der Waals surface area contributed by atoms with E-state index < -0.39 is 22.0 Å². The van der Waals surface area contributed by atoms with Gasteiger partial charge in [-0.3, -0.25) is 4.79 Å². The summed E-state index contributed by atoms with van der Waals surface area (Å²) < 4.78 is 29.8. The first-order valence-corrected chi connectivity index (χ1v) is 7.46. The van der Waals surface area contributed by atoms with Crippen LogP contribution in [0.5, 0.6) is 5.75 Å². The number of carboxylic acids is 1. The largest absolute Gasteiger partial charge is 0.496 e. The van der Waals surface area contributed by atoms with Crippen LogP contribution in [0.4, 0.5) is 0 Å². The maximum atomic E-state index is 11.1. The van der Waals surface area contributed by atoms with Gasteiger partial charge in [0, 0.05) is 0 Å². The van der Waals surface area contributed by atoms with Crippen LogP contribution in [0.1, 0.15) is 11.6 Å². The van der Waals surface area contributed by atoms with Gasteiger partial charge in [0.25, 0.3) is 0 Å². The molecule has 0 heterocycles. The minimum absolute atomic E-state index is 0.306. The zero-order valence-electron chi connectivity index (χ0n) is 9.68. The Bertz CT molecular complexity index is 557. The summed E-state index contributed by atoms with van der Waals surface area (Å²) in [5.41, 5.74) is 0.306. The highest BCUT2D eigenvalue weighted by atomic mass is 79.9. The summed E-state index contributed by atoms with van der Waals surface area (Å²) in [5, 5.41) is 9.03. The van der Waals surface area contributed by atoms with Gasteiger partial charge in [0.15, 0.2) is 0 Å². The maximum absolute atomic E-state index is 11.1. The summed E-state index contributed by atoms with van der Waals surface area (Å²) in [4.78, 5) is 11.1. The predicted molar refractivity (Wildman–Crippen MR) is 69.1 cm³/mol. The molecule has 2 N–H and O–H groups in total. The first-order chi connectivity index (χ1) is 8.24. The summed E-state index contributed by atoms with van der Waals surface area (Å²) in [6.45, 7) is 0. The number of aliphatic carboxylic acids is 1. The van der Waals surface area contributed by atoms with Crippen LogP contribution in [0.3, 0.4) is 0 Å². The Kier molecular flexibility index (Phi) is 4.71. The molecule has 0 aliphatic rings. The van der Waals surface area contributed by atoms with E-state index in [9.17, 15) is 13.2 Å². The third-order valence-corrected chi connectivity index (χ3v) is 3.37. The molecule has 0 aliphatic carbocycles. The van der Waals surface area contributed by atoms with Gasteiger partial charge < -0.3 is 9.84 Å². The van der Waals surface area contributed by atoms with Crippen LogP contribution in [0.2, 0.25) is 0 Å². The zero-order valence-corrected chi connectivity index (χ0v) is 12.1. The van der Waals surface area contributed by atoms with E-state index in [1.165, 1.54) is 19.2 Å². The van der Waals surface area contributed by atoms with Crippen molar-refractivity contribution in [1.29, 1.82) is 0 Å². The molecule has 0 saturated heterocycles. The van der Waals surface area contributed by atoms with Crippen LogP contribution in [0.15, 0.2) is 22.7 Å². The molecule has 18 heavy (non-hydrogen) atoms. The van der Waals surface area contributed by atoms with E-state index in [1.54, 1.807) is 6.07 Å². The number of benzene rings is 1. The van der Waals surface area contributed by atoms with Gasteiger partial charge in [-0.2, -0.15) is 4.72 Å². The average molecular weight is 338 g/mol. The monoisotopic (exact) mass is 337 g/mol. The van der Waals surface area contributed by atoms with E-state index in [-0.39, 0.29) is 0 Å². The number of ether oxygens (including phenoxy) is 1. The summed E-state index contributed by atoms with van der Waals surface area (Å²) in [6.07, 6.45) is 0.904. The third-order valence-electron chi connectivity index (χ3n) is 2.09. The molecule has 1 aromatic carbocycles. The minimum atomic E-state index is -3.62. The summed E-state index contributed by atoms with van der Waals surface area (Å²) >= 11 is 3.21. The van der Waals surface area contributed by atoms with Crippen molar-refractivity contribution in [3.8, 4) is 5.75 Å². The van der Waals surface area contributed by atoms with Crippen LogP contribution in [0, 0.1) is 0 Å². The first kappa shape index (κ1) is 14.9. The normalized spacial score (nSPS) is 13.1.